The maximum atomic E-state index is 12.4. The molecule has 0 radical (unpaired) electrons. The number of likely N-dealkylation sites (tertiary alicyclic amines) is 1. The molecular weight excluding hydrogens is 352 g/mol. The Bertz CT molecular complexity index is 926. The van der Waals surface area contributed by atoms with Gasteiger partial charge in [-0.15, -0.1) is 0 Å². The van der Waals surface area contributed by atoms with E-state index in [-0.39, 0.29) is 12.5 Å². The number of hydrogen-bond donors (Lipinski definition) is 1. The molecule has 144 valence electrons. The van der Waals surface area contributed by atoms with Crippen LogP contribution in [0, 0.1) is 6.92 Å². The molecule has 0 atom stereocenters. The molecule has 2 aromatic carbocycles. The first-order valence-corrected chi connectivity index (χ1v) is 9.66. The third kappa shape index (κ3) is 4.46. The van der Waals surface area contributed by atoms with Crippen molar-refractivity contribution in [1.29, 1.82) is 0 Å². The standard InChI is InChI=1S/C22H24N4O2/c1-16-4-8-18(9-5-16)21-24-20(28-25-21)14-23-22(27)19-10-6-17(7-11-19)15-26-12-2-3-13-26/h4-11H,2-3,12-15H2,1H3,(H,23,27). The van der Waals surface area contributed by atoms with Gasteiger partial charge in [-0.25, -0.2) is 0 Å². The van der Waals surface area contributed by atoms with E-state index < -0.39 is 0 Å². The Morgan fingerprint density at radius 2 is 1.79 bits per heavy atom. The fraction of sp³-hybridized carbons (Fsp3) is 0.318. The molecule has 6 nitrogen and oxygen atoms in total. The van der Waals surface area contributed by atoms with Gasteiger partial charge in [-0.2, -0.15) is 4.98 Å². The molecule has 6 heteroatoms. The summed E-state index contributed by atoms with van der Waals surface area (Å²) in [5, 5.41) is 6.82. The van der Waals surface area contributed by atoms with Crippen LogP contribution in [0.1, 0.15) is 40.2 Å². The second-order valence-electron chi connectivity index (χ2n) is 7.24. The highest BCUT2D eigenvalue weighted by Gasteiger charge is 2.13. The second kappa shape index (κ2) is 8.35. The Labute approximate surface area is 164 Å². The largest absolute Gasteiger partial charge is 0.343 e. The zero-order valence-corrected chi connectivity index (χ0v) is 16.0. The molecule has 0 bridgehead atoms. The number of nitrogens with zero attached hydrogens (tertiary/aromatic N) is 3. The number of carbonyl (C=O) groups excluding carboxylic acids is 1. The number of nitrogens with one attached hydrogen (secondary N) is 1. The van der Waals surface area contributed by atoms with Crippen LogP contribution < -0.4 is 5.32 Å². The van der Waals surface area contributed by atoms with Gasteiger partial charge in [0.2, 0.25) is 11.7 Å². The Morgan fingerprint density at radius 1 is 1.07 bits per heavy atom. The Morgan fingerprint density at radius 3 is 2.50 bits per heavy atom. The van der Waals surface area contributed by atoms with Gasteiger partial charge in [-0.05, 0) is 50.6 Å². The van der Waals surface area contributed by atoms with Crippen LogP contribution in [0.4, 0.5) is 0 Å². The van der Waals surface area contributed by atoms with E-state index in [1.165, 1.54) is 24.0 Å². The van der Waals surface area contributed by atoms with Crippen molar-refractivity contribution in [2.75, 3.05) is 13.1 Å². The minimum absolute atomic E-state index is 0.150. The first-order valence-electron chi connectivity index (χ1n) is 9.66. The van der Waals surface area contributed by atoms with Crippen molar-refractivity contribution >= 4 is 5.91 Å². The summed E-state index contributed by atoms with van der Waals surface area (Å²) in [4.78, 5) is 19.2. The Balaban J connectivity index is 1.32. The van der Waals surface area contributed by atoms with Crippen molar-refractivity contribution in [1.82, 2.24) is 20.4 Å². The van der Waals surface area contributed by atoms with Crippen LogP contribution in [-0.4, -0.2) is 34.0 Å². The van der Waals surface area contributed by atoms with E-state index in [2.05, 4.69) is 20.4 Å². The zero-order valence-electron chi connectivity index (χ0n) is 16.0. The number of carbonyl (C=O) groups is 1. The maximum Gasteiger partial charge on any atom is 0.251 e. The molecule has 0 unspecified atom stereocenters. The second-order valence-corrected chi connectivity index (χ2v) is 7.24. The van der Waals surface area contributed by atoms with E-state index >= 15 is 0 Å². The van der Waals surface area contributed by atoms with Crippen LogP contribution in [0.15, 0.2) is 53.1 Å². The number of hydrogen-bond acceptors (Lipinski definition) is 5. The highest BCUT2D eigenvalue weighted by atomic mass is 16.5. The zero-order chi connectivity index (χ0) is 19.3. The van der Waals surface area contributed by atoms with E-state index in [1.54, 1.807) is 0 Å². The van der Waals surface area contributed by atoms with Gasteiger partial charge >= 0.3 is 0 Å². The summed E-state index contributed by atoms with van der Waals surface area (Å²) in [6, 6.07) is 15.7. The Kier molecular flexibility index (Phi) is 5.48. The Hall–Kier alpha value is -2.99. The average Bonchev–Trinajstić information content (AvgIpc) is 3.39. The summed E-state index contributed by atoms with van der Waals surface area (Å²) in [5.74, 6) is 0.757. The van der Waals surface area contributed by atoms with Gasteiger partial charge in [0.25, 0.3) is 5.91 Å². The highest BCUT2D eigenvalue weighted by molar-refractivity contribution is 5.94. The van der Waals surface area contributed by atoms with Crippen molar-refractivity contribution in [3.05, 3.63) is 71.1 Å². The van der Waals surface area contributed by atoms with Gasteiger partial charge in [0.1, 0.15) is 0 Å². The predicted molar refractivity (Wildman–Crippen MR) is 107 cm³/mol. The third-order valence-corrected chi connectivity index (χ3v) is 5.00. The first-order chi connectivity index (χ1) is 13.7. The molecule has 1 saturated heterocycles. The smallest absolute Gasteiger partial charge is 0.251 e. The topological polar surface area (TPSA) is 71.3 Å². The first kappa shape index (κ1) is 18.4. The van der Waals surface area contributed by atoms with Crippen LogP contribution in [-0.2, 0) is 13.1 Å². The summed E-state index contributed by atoms with van der Waals surface area (Å²) in [6.45, 7) is 5.51. The van der Waals surface area contributed by atoms with Crippen molar-refractivity contribution in [2.45, 2.75) is 32.9 Å². The molecule has 1 amide bonds. The van der Waals surface area contributed by atoms with Crippen molar-refractivity contribution in [2.24, 2.45) is 0 Å². The molecule has 0 aliphatic carbocycles. The normalized spacial score (nSPS) is 14.3. The molecule has 1 N–H and O–H groups in total. The molecule has 1 fully saturated rings. The van der Waals surface area contributed by atoms with E-state index in [4.69, 9.17) is 4.52 Å². The van der Waals surface area contributed by atoms with Gasteiger partial charge in [0.05, 0.1) is 6.54 Å². The van der Waals surface area contributed by atoms with E-state index in [0.29, 0.717) is 17.3 Å². The molecular formula is C22H24N4O2. The third-order valence-electron chi connectivity index (χ3n) is 5.00. The van der Waals surface area contributed by atoms with Crippen LogP contribution in [0.25, 0.3) is 11.4 Å². The number of aryl methyl sites for hydroxylation is 1. The van der Waals surface area contributed by atoms with Crippen LogP contribution in [0.3, 0.4) is 0 Å². The molecule has 1 aromatic heterocycles. The number of rotatable bonds is 6. The van der Waals surface area contributed by atoms with Crippen LogP contribution in [0.2, 0.25) is 0 Å². The number of aromatic nitrogens is 2. The maximum absolute atomic E-state index is 12.4. The van der Waals surface area contributed by atoms with Gasteiger partial charge in [0.15, 0.2) is 0 Å². The summed E-state index contributed by atoms with van der Waals surface area (Å²) in [5.41, 5.74) is 3.92. The lowest BCUT2D eigenvalue weighted by Crippen LogP contribution is -2.23. The summed E-state index contributed by atoms with van der Waals surface area (Å²) in [6.07, 6.45) is 2.56. The molecule has 3 aromatic rings. The van der Waals surface area contributed by atoms with Gasteiger partial charge < -0.3 is 9.84 Å². The summed E-state index contributed by atoms with van der Waals surface area (Å²) >= 11 is 0. The molecule has 28 heavy (non-hydrogen) atoms. The van der Waals surface area contributed by atoms with Crippen LogP contribution in [0.5, 0.6) is 0 Å². The SMILES string of the molecule is Cc1ccc(-c2noc(CNC(=O)c3ccc(CN4CCCC4)cc3)n2)cc1. The van der Waals surface area contributed by atoms with E-state index in [0.717, 1.165) is 25.2 Å². The lowest BCUT2D eigenvalue weighted by Gasteiger charge is -2.14. The van der Waals surface area contributed by atoms with E-state index in [9.17, 15) is 4.79 Å². The lowest BCUT2D eigenvalue weighted by molar-refractivity contribution is 0.0946. The highest BCUT2D eigenvalue weighted by Crippen LogP contribution is 2.16. The monoisotopic (exact) mass is 376 g/mol. The fourth-order valence-electron chi connectivity index (χ4n) is 3.36. The fourth-order valence-corrected chi connectivity index (χ4v) is 3.36. The van der Waals surface area contributed by atoms with E-state index in [1.807, 2.05) is 55.5 Å². The minimum atomic E-state index is -0.150. The molecule has 4 rings (SSSR count). The number of amides is 1. The number of benzene rings is 2. The summed E-state index contributed by atoms with van der Waals surface area (Å²) < 4.78 is 5.25. The molecule has 1 aliphatic heterocycles. The molecule has 1 aliphatic rings. The minimum Gasteiger partial charge on any atom is -0.343 e. The van der Waals surface area contributed by atoms with Crippen LogP contribution >= 0.6 is 0 Å². The van der Waals surface area contributed by atoms with Gasteiger partial charge in [-0.3, -0.25) is 9.69 Å². The van der Waals surface area contributed by atoms with Gasteiger partial charge in [-0.1, -0.05) is 47.1 Å². The summed E-state index contributed by atoms with van der Waals surface area (Å²) in [7, 11) is 0. The molecule has 2 heterocycles. The van der Waals surface area contributed by atoms with Crippen molar-refractivity contribution in [3.8, 4) is 11.4 Å². The average molecular weight is 376 g/mol. The lowest BCUT2D eigenvalue weighted by atomic mass is 10.1. The van der Waals surface area contributed by atoms with Crippen molar-refractivity contribution in [3.63, 3.8) is 0 Å². The molecule has 0 saturated carbocycles. The molecule has 0 spiro atoms. The quantitative estimate of drug-likeness (QED) is 0.712. The predicted octanol–water partition coefficient (Wildman–Crippen LogP) is 3.57. The van der Waals surface area contributed by atoms with Crippen molar-refractivity contribution < 1.29 is 9.32 Å². The van der Waals surface area contributed by atoms with Gasteiger partial charge in [0, 0.05) is 17.7 Å².